The number of nitrogens with two attached hydrogens (primary N) is 1. The van der Waals surface area contributed by atoms with E-state index < -0.39 is 0 Å². The summed E-state index contributed by atoms with van der Waals surface area (Å²) in [5.74, 6) is -0.358. The number of nitrogens with zero attached hydrogens (tertiary/aromatic N) is 2. The van der Waals surface area contributed by atoms with Crippen LogP contribution in [0.25, 0.3) is 0 Å². The molecule has 1 heterocycles. The van der Waals surface area contributed by atoms with Crippen molar-refractivity contribution >= 4 is 5.69 Å². The minimum atomic E-state index is -0.358. The molecule has 0 unspecified atom stereocenters. The second-order valence-electron chi connectivity index (χ2n) is 3.02. The van der Waals surface area contributed by atoms with Gasteiger partial charge in [-0.25, -0.2) is 4.39 Å². The molecule has 0 bridgehead atoms. The Morgan fingerprint density at radius 2 is 2.21 bits per heavy atom. The number of halogens is 1. The molecule has 3 nitrogen and oxygen atoms in total. The number of aromatic nitrogens is 2. The molecule has 1 aromatic heterocycles. The largest absolute Gasteiger partial charge is 0.396 e. The highest BCUT2D eigenvalue weighted by Crippen LogP contribution is 2.15. The zero-order valence-corrected chi connectivity index (χ0v) is 7.52. The summed E-state index contributed by atoms with van der Waals surface area (Å²) in [6.07, 6.45) is 3.44. The van der Waals surface area contributed by atoms with Gasteiger partial charge >= 0.3 is 0 Å². The van der Waals surface area contributed by atoms with Gasteiger partial charge in [-0.15, -0.1) is 0 Å². The highest BCUT2D eigenvalue weighted by atomic mass is 19.1. The third kappa shape index (κ3) is 1.59. The van der Waals surface area contributed by atoms with Gasteiger partial charge in [-0.05, 0) is 12.1 Å². The first-order valence-electron chi connectivity index (χ1n) is 4.27. The molecule has 0 radical (unpaired) electrons. The van der Waals surface area contributed by atoms with Crippen molar-refractivity contribution in [3.05, 3.63) is 48.0 Å². The summed E-state index contributed by atoms with van der Waals surface area (Å²) >= 11 is 0. The van der Waals surface area contributed by atoms with Crippen LogP contribution >= 0.6 is 0 Å². The quantitative estimate of drug-likeness (QED) is 0.733. The predicted octanol–water partition coefficient (Wildman–Crippen LogP) is 1.65. The molecule has 0 amide bonds. The molecule has 0 saturated heterocycles. The number of hydrogen-bond donors (Lipinski definition) is 1. The maximum absolute atomic E-state index is 13.4. The normalized spacial score (nSPS) is 10.4. The monoisotopic (exact) mass is 191 g/mol. The van der Waals surface area contributed by atoms with E-state index in [0.29, 0.717) is 12.1 Å². The van der Waals surface area contributed by atoms with E-state index in [1.807, 2.05) is 0 Å². The van der Waals surface area contributed by atoms with Gasteiger partial charge in [-0.3, -0.25) is 4.68 Å². The molecule has 0 saturated carbocycles. The average molecular weight is 191 g/mol. The first kappa shape index (κ1) is 8.74. The molecule has 72 valence electrons. The number of nitrogen functional groups attached to an aromatic ring is 1. The lowest BCUT2D eigenvalue weighted by Crippen LogP contribution is -2.04. The molecule has 0 aliphatic carbocycles. The van der Waals surface area contributed by atoms with Gasteiger partial charge in [0.05, 0.1) is 12.2 Å². The van der Waals surface area contributed by atoms with Crippen LogP contribution in [-0.2, 0) is 6.54 Å². The fourth-order valence-electron chi connectivity index (χ4n) is 1.29. The minimum Gasteiger partial charge on any atom is -0.396 e. The summed E-state index contributed by atoms with van der Waals surface area (Å²) in [5, 5.41) is 3.99. The summed E-state index contributed by atoms with van der Waals surface area (Å²) in [5.41, 5.74) is 6.17. The molecule has 1 aromatic carbocycles. The molecule has 0 aliphatic heterocycles. The Kier molecular flexibility index (Phi) is 2.18. The van der Waals surface area contributed by atoms with Crippen molar-refractivity contribution in [2.75, 3.05) is 5.73 Å². The van der Waals surface area contributed by atoms with Gasteiger partial charge in [0.25, 0.3) is 0 Å². The van der Waals surface area contributed by atoms with Crippen molar-refractivity contribution in [3.63, 3.8) is 0 Å². The highest BCUT2D eigenvalue weighted by Gasteiger charge is 2.05. The van der Waals surface area contributed by atoms with Crippen LogP contribution in [0.3, 0.4) is 0 Å². The van der Waals surface area contributed by atoms with Crippen LogP contribution < -0.4 is 5.73 Å². The van der Waals surface area contributed by atoms with Crippen LogP contribution in [-0.4, -0.2) is 9.78 Å². The molecule has 0 aliphatic rings. The van der Waals surface area contributed by atoms with Crippen LogP contribution in [0.15, 0.2) is 36.7 Å². The van der Waals surface area contributed by atoms with Crippen LogP contribution in [0, 0.1) is 5.82 Å². The van der Waals surface area contributed by atoms with E-state index in [9.17, 15) is 4.39 Å². The van der Waals surface area contributed by atoms with E-state index in [1.54, 1.807) is 41.3 Å². The third-order valence-electron chi connectivity index (χ3n) is 2.00. The number of anilines is 1. The topological polar surface area (TPSA) is 43.8 Å². The molecule has 2 aromatic rings. The standard InChI is InChI=1S/C10H10FN3/c11-10-8(3-1-4-9(10)12)7-14-6-2-5-13-14/h1-6H,7,12H2. The number of hydrogen-bond acceptors (Lipinski definition) is 2. The number of rotatable bonds is 2. The fourth-order valence-corrected chi connectivity index (χ4v) is 1.29. The Labute approximate surface area is 81.0 Å². The predicted molar refractivity (Wildman–Crippen MR) is 52.1 cm³/mol. The van der Waals surface area contributed by atoms with Crippen molar-refractivity contribution in [2.24, 2.45) is 0 Å². The Hall–Kier alpha value is -1.84. The zero-order chi connectivity index (χ0) is 9.97. The van der Waals surface area contributed by atoms with Crippen molar-refractivity contribution in [1.29, 1.82) is 0 Å². The summed E-state index contributed by atoms with van der Waals surface area (Å²) in [4.78, 5) is 0. The van der Waals surface area contributed by atoms with Gasteiger partial charge in [0.1, 0.15) is 0 Å². The van der Waals surface area contributed by atoms with E-state index in [4.69, 9.17) is 5.73 Å². The second-order valence-corrected chi connectivity index (χ2v) is 3.02. The average Bonchev–Trinajstić information content (AvgIpc) is 2.66. The molecule has 0 fully saturated rings. The first-order valence-corrected chi connectivity index (χ1v) is 4.27. The SMILES string of the molecule is Nc1cccc(Cn2cccn2)c1F. The molecular weight excluding hydrogens is 181 g/mol. The van der Waals surface area contributed by atoms with Crippen LogP contribution in [0.1, 0.15) is 5.56 Å². The molecule has 2 rings (SSSR count). The summed E-state index contributed by atoms with van der Waals surface area (Å²) < 4.78 is 15.1. The van der Waals surface area contributed by atoms with Crippen molar-refractivity contribution in [2.45, 2.75) is 6.54 Å². The number of benzene rings is 1. The third-order valence-corrected chi connectivity index (χ3v) is 2.00. The van der Waals surface area contributed by atoms with E-state index in [-0.39, 0.29) is 11.5 Å². The van der Waals surface area contributed by atoms with Crippen molar-refractivity contribution in [1.82, 2.24) is 9.78 Å². The Morgan fingerprint density at radius 3 is 2.93 bits per heavy atom. The smallest absolute Gasteiger partial charge is 0.151 e. The molecular formula is C10H10FN3. The summed E-state index contributed by atoms with van der Waals surface area (Å²) in [6.45, 7) is 0.407. The lowest BCUT2D eigenvalue weighted by molar-refractivity contribution is 0.589. The fraction of sp³-hybridized carbons (Fsp3) is 0.100. The Morgan fingerprint density at radius 1 is 1.36 bits per heavy atom. The van der Waals surface area contributed by atoms with Crippen LogP contribution in [0.5, 0.6) is 0 Å². The van der Waals surface area contributed by atoms with Crippen LogP contribution in [0.4, 0.5) is 10.1 Å². The first-order chi connectivity index (χ1) is 6.77. The maximum atomic E-state index is 13.4. The molecule has 0 atom stereocenters. The van der Waals surface area contributed by atoms with Gasteiger partial charge in [-0.1, -0.05) is 12.1 Å². The summed E-state index contributed by atoms with van der Waals surface area (Å²) in [7, 11) is 0. The zero-order valence-electron chi connectivity index (χ0n) is 7.52. The van der Waals surface area contributed by atoms with Crippen molar-refractivity contribution < 1.29 is 4.39 Å². The molecule has 4 heteroatoms. The van der Waals surface area contributed by atoms with Crippen molar-refractivity contribution in [3.8, 4) is 0 Å². The van der Waals surface area contributed by atoms with Crippen LogP contribution in [0.2, 0.25) is 0 Å². The minimum absolute atomic E-state index is 0.176. The molecule has 0 spiro atoms. The van der Waals surface area contributed by atoms with E-state index in [0.717, 1.165) is 0 Å². The maximum Gasteiger partial charge on any atom is 0.151 e. The van der Waals surface area contributed by atoms with Gasteiger partial charge in [0.2, 0.25) is 0 Å². The highest BCUT2D eigenvalue weighted by molar-refractivity contribution is 5.42. The lowest BCUT2D eigenvalue weighted by Gasteiger charge is -2.04. The van der Waals surface area contributed by atoms with E-state index in [2.05, 4.69) is 5.10 Å². The van der Waals surface area contributed by atoms with Gasteiger partial charge in [0.15, 0.2) is 5.82 Å². The Bertz CT molecular complexity index is 423. The lowest BCUT2D eigenvalue weighted by atomic mass is 10.2. The van der Waals surface area contributed by atoms with Gasteiger partial charge in [-0.2, -0.15) is 5.10 Å². The van der Waals surface area contributed by atoms with E-state index >= 15 is 0 Å². The molecule has 14 heavy (non-hydrogen) atoms. The Balaban J connectivity index is 2.29. The molecule has 2 N–H and O–H groups in total. The van der Waals surface area contributed by atoms with E-state index in [1.165, 1.54) is 0 Å². The van der Waals surface area contributed by atoms with Gasteiger partial charge < -0.3 is 5.73 Å². The van der Waals surface area contributed by atoms with Gasteiger partial charge in [0, 0.05) is 18.0 Å². The summed E-state index contributed by atoms with van der Waals surface area (Å²) in [6, 6.07) is 6.77. The second kappa shape index (κ2) is 3.49.